The Hall–Kier alpha value is -2.93. The van der Waals surface area contributed by atoms with Gasteiger partial charge in [-0.3, -0.25) is 9.59 Å². The van der Waals surface area contributed by atoms with Gasteiger partial charge in [-0.1, -0.05) is 30.3 Å². The lowest BCUT2D eigenvalue weighted by molar-refractivity contribution is -0.143. The molecule has 0 N–H and O–H groups in total. The van der Waals surface area contributed by atoms with Crippen molar-refractivity contribution in [1.29, 1.82) is 0 Å². The zero-order valence-electron chi connectivity index (χ0n) is 16.9. The van der Waals surface area contributed by atoms with E-state index in [1.165, 1.54) is 6.07 Å². The number of nitrogens with zero attached hydrogens (tertiary/aromatic N) is 2. The number of likely N-dealkylation sites (tertiary alicyclic amines) is 1. The van der Waals surface area contributed by atoms with Gasteiger partial charge in [0.05, 0.1) is 26.2 Å². The van der Waals surface area contributed by atoms with Gasteiger partial charge in [-0.05, 0) is 23.8 Å². The summed E-state index contributed by atoms with van der Waals surface area (Å²) < 4.78 is 25.0. The first-order valence-corrected chi connectivity index (χ1v) is 10.1. The third-order valence-electron chi connectivity index (χ3n) is 5.73. The zero-order chi connectivity index (χ0) is 21.1. The van der Waals surface area contributed by atoms with E-state index in [0.717, 1.165) is 11.3 Å². The van der Waals surface area contributed by atoms with E-state index in [9.17, 15) is 14.0 Å². The van der Waals surface area contributed by atoms with Crippen LogP contribution in [-0.2, 0) is 20.9 Å². The summed E-state index contributed by atoms with van der Waals surface area (Å²) in [7, 11) is 1.61. The van der Waals surface area contributed by atoms with Crippen LogP contribution >= 0.6 is 0 Å². The van der Waals surface area contributed by atoms with E-state index < -0.39 is 6.10 Å². The van der Waals surface area contributed by atoms with E-state index in [1.807, 2.05) is 24.3 Å². The van der Waals surface area contributed by atoms with Crippen LogP contribution in [0.25, 0.3) is 0 Å². The molecule has 2 amide bonds. The van der Waals surface area contributed by atoms with Crippen molar-refractivity contribution in [3.05, 3.63) is 65.5 Å². The van der Waals surface area contributed by atoms with E-state index >= 15 is 0 Å². The molecule has 2 heterocycles. The number of benzene rings is 2. The minimum Gasteiger partial charge on any atom is -0.497 e. The highest BCUT2D eigenvalue weighted by atomic mass is 19.1. The first-order valence-electron chi connectivity index (χ1n) is 10.1. The van der Waals surface area contributed by atoms with E-state index in [0.29, 0.717) is 38.3 Å². The minimum atomic E-state index is -0.489. The van der Waals surface area contributed by atoms with E-state index in [4.69, 9.17) is 9.47 Å². The summed E-state index contributed by atoms with van der Waals surface area (Å²) in [5.41, 5.74) is 1.45. The van der Waals surface area contributed by atoms with Crippen molar-refractivity contribution >= 4 is 11.8 Å². The highest BCUT2D eigenvalue weighted by molar-refractivity contribution is 5.89. The van der Waals surface area contributed by atoms with Crippen LogP contribution in [-0.4, -0.2) is 55.0 Å². The van der Waals surface area contributed by atoms with Crippen LogP contribution in [0.4, 0.5) is 4.39 Å². The van der Waals surface area contributed by atoms with Gasteiger partial charge in [-0.25, -0.2) is 4.39 Å². The second-order valence-corrected chi connectivity index (χ2v) is 7.69. The van der Waals surface area contributed by atoms with Crippen molar-refractivity contribution in [2.24, 2.45) is 5.92 Å². The number of rotatable bonds is 5. The lowest BCUT2D eigenvalue weighted by Crippen LogP contribution is -2.45. The SMILES string of the molecule is COc1ccc(CN2CC(C(=O)N3CCOC(c4ccccc4F)C3)CC2=O)cc1. The second-order valence-electron chi connectivity index (χ2n) is 7.69. The largest absolute Gasteiger partial charge is 0.497 e. The summed E-state index contributed by atoms with van der Waals surface area (Å²) in [6.07, 6.45) is -0.284. The predicted octanol–water partition coefficient (Wildman–Crippen LogP) is 2.78. The molecule has 0 aromatic heterocycles. The lowest BCUT2D eigenvalue weighted by atomic mass is 10.0. The fourth-order valence-electron chi connectivity index (χ4n) is 4.07. The molecule has 2 atom stereocenters. The third-order valence-corrected chi connectivity index (χ3v) is 5.73. The molecule has 0 radical (unpaired) electrons. The first-order chi connectivity index (χ1) is 14.5. The summed E-state index contributed by atoms with van der Waals surface area (Å²) >= 11 is 0. The van der Waals surface area contributed by atoms with E-state index in [2.05, 4.69) is 0 Å². The highest BCUT2D eigenvalue weighted by Crippen LogP contribution is 2.28. The standard InChI is InChI=1S/C23H25FN2O4/c1-29-18-8-6-16(7-9-18)13-26-14-17(12-22(26)27)23(28)25-10-11-30-21(15-25)19-4-2-3-5-20(19)24/h2-9,17,21H,10-15H2,1H3. The molecule has 0 spiro atoms. The molecule has 6 nitrogen and oxygen atoms in total. The fourth-order valence-corrected chi connectivity index (χ4v) is 4.07. The van der Waals surface area contributed by atoms with Crippen LogP contribution in [0.1, 0.15) is 23.7 Å². The molecule has 2 aliphatic heterocycles. The van der Waals surface area contributed by atoms with Gasteiger partial charge in [0.25, 0.3) is 0 Å². The van der Waals surface area contributed by atoms with Gasteiger partial charge in [0.1, 0.15) is 17.7 Å². The maximum absolute atomic E-state index is 14.1. The Balaban J connectivity index is 1.38. The van der Waals surface area contributed by atoms with E-state index in [1.54, 1.807) is 35.1 Å². The summed E-state index contributed by atoms with van der Waals surface area (Å²) in [6.45, 7) is 1.95. The molecule has 0 aliphatic carbocycles. The number of hydrogen-bond acceptors (Lipinski definition) is 4. The van der Waals surface area contributed by atoms with Gasteiger partial charge in [0.2, 0.25) is 11.8 Å². The number of morpholine rings is 1. The number of amides is 2. The third kappa shape index (κ3) is 4.31. The van der Waals surface area contributed by atoms with Gasteiger partial charge >= 0.3 is 0 Å². The molecule has 30 heavy (non-hydrogen) atoms. The van der Waals surface area contributed by atoms with Gasteiger partial charge in [-0.15, -0.1) is 0 Å². The summed E-state index contributed by atoms with van der Waals surface area (Å²) in [5, 5.41) is 0. The number of ether oxygens (including phenoxy) is 2. The monoisotopic (exact) mass is 412 g/mol. The van der Waals surface area contributed by atoms with Crippen LogP contribution in [0, 0.1) is 11.7 Å². The Bertz CT molecular complexity index is 918. The quantitative estimate of drug-likeness (QED) is 0.758. The minimum absolute atomic E-state index is 0.0249. The van der Waals surface area contributed by atoms with Crippen molar-refractivity contribution in [3.8, 4) is 5.75 Å². The second kappa shape index (κ2) is 8.83. The number of hydrogen-bond donors (Lipinski definition) is 0. The molecular formula is C23H25FN2O4. The average Bonchev–Trinajstić information content (AvgIpc) is 3.14. The number of carbonyl (C=O) groups excluding carboxylic acids is 2. The average molecular weight is 412 g/mol. The van der Waals surface area contributed by atoms with Gasteiger partial charge in [0.15, 0.2) is 0 Å². The molecule has 2 fully saturated rings. The Morgan fingerprint density at radius 3 is 2.67 bits per heavy atom. The topological polar surface area (TPSA) is 59.1 Å². The van der Waals surface area contributed by atoms with Gasteiger partial charge in [-0.2, -0.15) is 0 Å². The number of halogens is 1. The molecule has 2 aromatic rings. The Labute approximate surface area is 175 Å². The molecule has 4 rings (SSSR count). The Morgan fingerprint density at radius 1 is 1.17 bits per heavy atom. The summed E-state index contributed by atoms with van der Waals surface area (Å²) in [4.78, 5) is 29.0. The normalized spacial score (nSPS) is 21.7. The molecule has 158 valence electrons. The highest BCUT2D eigenvalue weighted by Gasteiger charge is 2.38. The van der Waals surface area contributed by atoms with Crippen molar-refractivity contribution in [2.75, 3.05) is 33.4 Å². The van der Waals surface area contributed by atoms with Crippen LogP contribution < -0.4 is 4.74 Å². The Morgan fingerprint density at radius 2 is 1.93 bits per heavy atom. The lowest BCUT2D eigenvalue weighted by Gasteiger charge is -2.34. The summed E-state index contributed by atoms with van der Waals surface area (Å²) in [5.74, 6) is -0.0433. The smallest absolute Gasteiger partial charge is 0.228 e. The number of carbonyl (C=O) groups is 2. The van der Waals surface area contributed by atoms with Crippen LogP contribution in [0.15, 0.2) is 48.5 Å². The van der Waals surface area contributed by atoms with Crippen LogP contribution in [0.5, 0.6) is 5.75 Å². The van der Waals surface area contributed by atoms with Crippen molar-refractivity contribution in [3.63, 3.8) is 0 Å². The molecule has 2 aromatic carbocycles. The van der Waals surface area contributed by atoms with Gasteiger partial charge < -0.3 is 19.3 Å². The van der Waals surface area contributed by atoms with E-state index in [-0.39, 0.29) is 30.0 Å². The van der Waals surface area contributed by atoms with Crippen molar-refractivity contribution in [1.82, 2.24) is 9.80 Å². The van der Waals surface area contributed by atoms with Crippen LogP contribution in [0.3, 0.4) is 0 Å². The molecule has 2 unspecified atom stereocenters. The molecule has 2 aliphatic rings. The number of methoxy groups -OCH3 is 1. The van der Waals surface area contributed by atoms with Crippen molar-refractivity contribution < 1.29 is 23.5 Å². The van der Waals surface area contributed by atoms with Crippen molar-refractivity contribution in [2.45, 2.75) is 19.1 Å². The first kappa shape index (κ1) is 20.3. The van der Waals surface area contributed by atoms with Gasteiger partial charge in [0, 0.05) is 31.6 Å². The Kier molecular flexibility index (Phi) is 5.99. The summed E-state index contributed by atoms with van der Waals surface area (Å²) in [6, 6.07) is 14.0. The maximum atomic E-state index is 14.1. The fraction of sp³-hybridized carbons (Fsp3) is 0.391. The van der Waals surface area contributed by atoms with Crippen LogP contribution in [0.2, 0.25) is 0 Å². The molecule has 7 heteroatoms. The molecular weight excluding hydrogens is 387 g/mol. The molecule has 0 saturated carbocycles. The molecule has 0 bridgehead atoms. The maximum Gasteiger partial charge on any atom is 0.228 e. The molecule has 2 saturated heterocycles. The zero-order valence-corrected chi connectivity index (χ0v) is 16.9. The predicted molar refractivity (Wildman–Crippen MR) is 108 cm³/mol.